The zero-order valence-electron chi connectivity index (χ0n) is 11.4. The Morgan fingerprint density at radius 1 is 1.16 bits per heavy atom. The second-order valence-corrected chi connectivity index (χ2v) is 6.09. The van der Waals surface area contributed by atoms with Crippen LogP contribution in [0.5, 0.6) is 0 Å². The Labute approximate surface area is 112 Å². The molecular formula is C16H17NO2. The lowest BCUT2D eigenvalue weighted by molar-refractivity contribution is -0.142. The van der Waals surface area contributed by atoms with Crippen molar-refractivity contribution in [3.63, 3.8) is 0 Å². The first kappa shape index (κ1) is 12.2. The number of hydrogen-bond donors (Lipinski definition) is 0. The quantitative estimate of drug-likeness (QED) is 0.723. The summed E-state index contributed by atoms with van der Waals surface area (Å²) in [5.74, 6) is -0.394. The minimum Gasteiger partial charge on any atom is -0.269 e. The fraction of sp³-hybridized carbons (Fsp3) is 0.375. The average Bonchev–Trinajstić information content (AvgIpc) is 2.78. The maximum atomic E-state index is 12.0. The van der Waals surface area contributed by atoms with Gasteiger partial charge < -0.3 is 0 Å². The van der Waals surface area contributed by atoms with E-state index in [9.17, 15) is 9.59 Å². The molecule has 0 aromatic heterocycles. The first-order valence-electron chi connectivity index (χ1n) is 6.55. The Morgan fingerprint density at radius 2 is 1.79 bits per heavy atom. The SMILES string of the molecule is Cc1cccc2c1CC(C)(C)[C@@H]2N1C(=O)C=CC1=O. The molecule has 0 bridgehead atoms. The van der Waals surface area contributed by atoms with Crippen molar-refractivity contribution in [1.82, 2.24) is 4.90 Å². The van der Waals surface area contributed by atoms with Crippen molar-refractivity contribution >= 4 is 11.8 Å². The second kappa shape index (κ2) is 3.80. The summed E-state index contributed by atoms with van der Waals surface area (Å²) in [5, 5.41) is 0. The summed E-state index contributed by atoms with van der Waals surface area (Å²) in [6.45, 7) is 6.33. The molecule has 19 heavy (non-hydrogen) atoms. The lowest BCUT2D eigenvalue weighted by Crippen LogP contribution is -2.39. The van der Waals surface area contributed by atoms with Crippen LogP contribution in [-0.4, -0.2) is 16.7 Å². The van der Waals surface area contributed by atoms with Crippen LogP contribution in [0.15, 0.2) is 30.4 Å². The third-order valence-corrected chi connectivity index (χ3v) is 4.22. The van der Waals surface area contributed by atoms with Gasteiger partial charge in [0.25, 0.3) is 11.8 Å². The van der Waals surface area contributed by atoms with Gasteiger partial charge >= 0.3 is 0 Å². The maximum Gasteiger partial charge on any atom is 0.254 e. The molecule has 2 aliphatic rings. The smallest absolute Gasteiger partial charge is 0.254 e. The third kappa shape index (κ3) is 1.65. The van der Waals surface area contributed by atoms with Gasteiger partial charge in [0.15, 0.2) is 0 Å². The molecule has 1 heterocycles. The molecule has 0 saturated heterocycles. The number of nitrogens with zero attached hydrogens (tertiary/aromatic N) is 1. The monoisotopic (exact) mass is 255 g/mol. The highest BCUT2D eigenvalue weighted by Gasteiger charge is 2.47. The van der Waals surface area contributed by atoms with E-state index in [1.807, 2.05) is 12.1 Å². The van der Waals surface area contributed by atoms with E-state index in [4.69, 9.17) is 0 Å². The van der Waals surface area contributed by atoms with Crippen molar-refractivity contribution < 1.29 is 9.59 Å². The van der Waals surface area contributed by atoms with Crippen molar-refractivity contribution in [2.75, 3.05) is 0 Å². The van der Waals surface area contributed by atoms with E-state index < -0.39 is 0 Å². The van der Waals surface area contributed by atoms with Gasteiger partial charge in [0.2, 0.25) is 0 Å². The van der Waals surface area contributed by atoms with E-state index >= 15 is 0 Å². The van der Waals surface area contributed by atoms with E-state index in [-0.39, 0.29) is 23.3 Å². The summed E-state index contributed by atoms with van der Waals surface area (Å²) in [6.07, 6.45) is 3.63. The van der Waals surface area contributed by atoms with Crippen molar-refractivity contribution in [3.8, 4) is 0 Å². The zero-order valence-corrected chi connectivity index (χ0v) is 11.4. The molecule has 1 atom stereocenters. The van der Waals surface area contributed by atoms with Crippen molar-refractivity contribution in [1.29, 1.82) is 0 Å². The third-order valence-electron chi connectivity index (χ3n) is 4.22. The van der Waals surface area contributed by atoms with Crippen LogP contribution in [-0.2, 0) is 16.0 Å². The summed E-state index contributed by atoms with van der Waals surface area (Å²) < 4.78 is 0. The van der Waals surface area contributed by atoms with Crippen LogP contribution >= 0.6 is 0 Å². The van der Waals surface area contributed by atoms with Gasteiger partial charge in [-0.1, -0.05) is 32.0 Å². The number of benzene rings is 1. The van der Waals surface area contributed by atoms with Gasteiger partial charge in [0.1, 0.15) is 0 Å². The Kier molecular flexibility index (Phi) is 2.43. The molecule has 0 N–H and O–H groups in total. The Bertz CT molecular complexity index is 595. The van der Waals surface area contributed by atoms with Crippen molar-refractivity contribution in [3.05, 3.63) is 47.0 Å². The number of fused-ring (bicyclic) bond motifs is 1. The largest absolute Gasteiger partial charge is 0.269 e. The van der Waals surface area contributed by atoms with Crippen LogP contribution in [0.4, 0.5) is 0 Å². The van der Waals surface area contributed by atoms with Crippen LogP contribution in [0.25, 0.3) is 0 Å². The summed E-state index contributed by atoms with van der Waals surface area (Å²) in [6, 6.07) is 5.97. The van der Waals surface area contributed by atoms with Crippen LogP contribution in [0.3, 0.4) is 0 Å². The zero-order chi connectivity index (χ0) is 13.8. The number of hydrogen-bond acceptors (Lipinski definition) is 2. The molecule has 0 unspecified atom stereocenters. The number of rotatable bonds is 1. The fourth-order valence-corrected chi connectivity index (χ4v) is 3.35. The minimum absolute atomic E-state index is 0.119. The highest BCUT2D eigenvalue weighted by atomic mass is 16.2. The molecule has 2 amide bonds. The average molecular weight is 255 g/mol. The van der Waals surface area contributed by atoms with Crippen molar-refractivity contribution in [2.24, 2.45) is 5.41 Å². The second-order valence-electron chi connectivity index (χ2n) is 6.09. The standard InChI is InChI=1S/C16H17NO2/c1-10-5-4-6-11-12(10)9-16(2,3)15(11)17-13(18)7-8-14(17)19/h4-8,15H,9H2,1-3H3/t15-/m1/s1. The molecule has 0 saturated carbocycles. The topological polar surface area (TPSA) is 37.4 Å². The Balaban J connectivity index is 2.14. The highest BCUT2D eigenvalue weighted by molar-refractivity contribution is 6.13. The van der Waals surface area contributed by atoms with Gasteiger partial charge in [0.05, 0.1) is 6.04 Å². The summed E-state index contributed by atoms with van der Waals surface area (Å²) >= 11 is 0. The molecule has 3 rings (SSSR count). The van der Waals surface area contributed by atoms with Gasteiger partial charge in [-0.05, 0) is 35.4 Å². The molecule has 0 fully saturated rings. The predicted molar refractivity (Wildman–Crippen MR) is 72.4 cm³/mol. The summed E-state index contributed by atoms with van der Waals surface area (Å²) in [5.41, 5.74) is 3.52. The summed E-state index contributed by atoms with van der Waals surface area (Å²) in [7, 11) is 0. The molecule has 1 aliphatic heterocycles. The van der Waals surface area contributed by atoms with E-state index in [2.05, 4.69) is 26.8 Å². The Hall–Kier alpha value is -1.90. The molecule has 1 aromatic rings. The highest BCUT2D eigenvalue weighted by Crippen LogP contribution is 2.50. The van der Waals surface area contributed by atoms with E-state index in [1.54, 1.807) is 0 Å². The van der Waals surface area contributed by atoms with Gasteiger partial charge in [-0.15, -0.1) is 0 Å². The van der Waals surface area contributed by atoms with E-state index in [1.165, 1.54) is 28.2 Å². The van der Waals surface area contributed by atoms with Gasteiger partial charge in [-0.2, -0.15) is 0 Å². The number of carbonyl (C=O) groups excluding carboxylic acids is 2. The molecule has 0 radical (unpaired) electrons. The summed E-state index contributed by atoms with van der Waals surface area (Å²) in [4.78, 5) is 25.4. The van der Waals surface area contributed by atoms with E-state index in [0.29, 0.717) is 0 Å². The van der Waals surface area contributed by atoms with Gasteiger partial charge in [-0.3, -0.25) is 14.5 Å². The molecule has 0 spiro atoms. The van der Waals surface area contributed by atoms with Gasteiger partial charge in [0, 0.05) is 12.2 Å². The van der Waals surface area contributed by atoms with Crippen LogP contribution < -0.4 is 0 Å². The van der Waals surface area contributed by atoms with Crippen LogP contribution in [0.1, 0.15) is 36.6 Å². The number of amides is 2. The molecular weight excluding hydrogens is 238 g/mol. The van der Waals surface area contributed by atoms with Crippen LogP contribution in [0.2, 0.25) is 0 Å². The van der Waals surface area contributed by atoms with E-state index in [0.717, 1.165) is 12.0 Å². The predicted octanol–water partition coefficient (Wildman–Crippen LogP) is 2.54. The van der Waals surface area contributed by atoms with Crippen molar-refractivity contribution in [2.45, 2.75) is 33.2 Å². The minimum atomic E-state index is -0.197. The number of imide groups is 1. The van der Waals surface area contributed by atoms with Crippen LogP contribution in [0, 0.1) is 12.3 Å². The lowest BCUT2D eigenvalue weighted by atomic mass is 9.84. The first-order chi connectivity index (χ1) is 8.92. The fourth-order valence-electron chi connectivity index (χ4n) is 3.35. The number of carbonyl (C=O) groups is 2. The molecule has 3 heteroatoms. The normalized spacial score (nSPS) is 24.2. The van der Waals surface area contributed by atoms with Gasteiger partial charge in [-0.25, -0.2) is 0 Å². The maximum absolute atomic E-state index is 12.0. The molecule has 1 aliphatic carbocycles. The molecule has 1 aromatic carbocycles. The lowest BCUT2D eigenvalue weighted by Gasteiger charge is -2.34. The first-order valence-corrected chi connectivity index (χ1v) is 6.55. The Morgan fingerprint density at radius 3 is 2.42 bits per heavy atom. The molecule has 98 valence electrons. The number of aryl methyl sites for hydroxylation is 1. The molecule has 3 nitrogen and oxygen atoms in total.